The Balaban J connectivity index is 1.07. The van der Waals surface area contributed by atoms with Crippen molar-refractivity contribution in [2.24, 2.45) is 0 Å². The molecule has 0 aliphatic carbocycles. The van der Waals surface area contributed by atoms with Gasteiger partial charge in [-0.2, -0.15) is 0 Å². The molecule has 0 unspecified atom stereocenters. The van der Waals surface area contributed by atoms with Crippen LogP contribution in [0.4, 0.5) is 0 Å². The molecular weight excluding hydrogens is 825 g/mol. The second-order valence-electron chi connectivity index (χ2n) is 18.4. The Bertz CT molecular complexity index is 4550. The van der Waals surface area contributed by atoms with Crippen molar-refractivity contribution in [2.45, 2.75) is 6.92 Å². The van der Waals surface area contributed by atoms with Gasteiger partial charge in [0.15, 0.2) is 0 Å². The zero-order chi connectivity index (χ0) is 44.6. The number of para-hydroxylation sites is 3. The van der Waals surface area contributed by atoms with Crippen molar-refractivity contribution < 1.29 is 0 Å². The van der Waals surface area contributed by atoms with E-state index in [-0.39, 0.29) is 0 Å². The summed E-state index contributed by atoms with van der Waals surface area (Å²) in [6.07, 6.45) is 0. The lowest BCUT2D eigenvalue weighted by Gasteiger charge is -2.18. The van der Waals surface area contributed by atoms with Crippen molar-refractivity contribution in [3.63, 3.8) is 0 Å². The fourth-order valence-electron chi connectivity index (χ4n) is 11.8. The highest BCUT2D eigenvalue weighted by molar-refractivity contribution is 6.38. The van der Waals surface area contributed by atoms with Crippen LogP contribution in [0.2, 0.25) is 0 Å². The summed E-state index contributed by atoms with van der Waals surface area (Å²) < 4.78 is 5.00. The summed E-state index contributed by atoms with van der Waals surface area (Å²) in [6.45, 7) is 2.25. The number of hydrogen-bond acceptors (Lipinski definition) is 1. The summed E-state index contributed by atoms with van der Waals surface area (Å²) in [4.78, 5) is 9.50. The van der Waals surface area contributed by atoms with Gasteiger partial charge in [0.25, 0.3) is 0 Å². The molecule has 68 heavy (non-hydrogen) atoms. The van der Waals surface area contributed by atoms with Gasteiger partial charge in [-0.05, 0) is 111 Å². The molecule has 0 atom stereocenters. The molecule has 4 aromatic heterocycles. The second kappa shape index (κ2) is 14.0. The number of rotatable bonds is 5. The van der Waals surface area contributed by atoms with E-state index >= 15 is 0 Å². The van der Waals surface area contributed by atoms with Crippen molar-refractivity contribution >= 4 is 97.7 Å². The topological polar surface area (TPSA) is 38.5 Å². The molecule has 316 valence electrons. The van der Waals surface area contributed by atoms with E-state index in [1.165, 1.54) is 97.8 Å². The number of benzene rings is 11. The van der Waals surface area contributed by atoms with Crippen LogP contribution in [0.1, 0.15) is 5.56 Å². The van der Waals surface area contributed by atoms with Gasteiger partial charge in [-0.1, -0.05) is 164 Å². The third kappa shape index (κ3) is 5.17. The van der Waals surface area contributed by atoms with Crippen molar-refractivity contribution in [3.8, 4) is 45.0 Å². The molecule has 15 rings (SSSR count). The van der Waals surface area contributed by atoms with Gasteiger partial charge in [-0.3, -0.25) is 0 Å². The van der Waals surface area contributed by atoms with Gasteiger partial charge in [-0.25, -0.2) is 4.98 Å². The average molecular weight is 865 g/mol. The monoisotopic (exact) mass is 864 g/mol. The number of pyridine rings is 1. The first-order chi connectivity index (χ1) is 33.7. The lowest BCUT2D eigenvalue weighted by atomic mass is 9.91. The number of aromatic amines is 1. The normalized spacial score (nSPS) is 12.2. The molecule has 0 bridgehead atoms. The van der Waals surface area contributed by atoms with Crippen LogP contribution in [0.15, 0.2) is 218 Å². The van der Waals surface area contributed by atoms with Crippen LogP contribution in [0, 0.1) is 6.92 Å². The molecule has 11 aromatic carbocycles. The predicted molar refractivity (Wildman–Crippen MR) is 287 cm³/mol. The smallest absolute Gasteiger partial charge is 0.0745 e. The third-order valence-corrected chi connectivity index (χ3v) is 14.7. The van der Waals surface area contributed by atoms with Gasteiger partial charge >= 0.3 is 0 Å². The van der Waals surface area contributed by atoms with Crippen LogP contribution in [0.3, 0.4) is 0 Å². The minimum atomic E-state index is 0.954. The van der Waals surface area contributed by atoms with E-state index in [9.17, 15) is 0 Å². The Morgan fingerprint density at radius 3 is 1.84 bits per heavy atom. The summed E-state index contributed by atoms with van der Waals surface area (Å²) in [7, 11) is 0. The van der Waals surface area contributed by atoms with Crippen LogP contribution in [-0.4, -0.2) is 19.1 Å². The Morgan fingerprint density at radius 1 is 0.368 bits per heavy atom. The Kier molecular flexibility index (Phi) is 7.67. The lowest BCUT2D eigenvalue weighted by molar-refractivity contribution is 1.17. The van der Waals surface area contributed by atoms with Crippen molar-refractivity contribution in [2.75, 3.05) is 0 Å². The molecule has 0 spiro atoms. The number of hydrogen-bond donors (Lipinski definition) is 1. The fraction of sp³-hybridized carbons (Fsp3) is 0.0156. The van der Waals surface area contributed by atoms with Gasteiger partial charge < -0.3 is 14.1 Å². The van der Waals surface area contributed by atoms with Crippen molar-refractivity contribution in [1.82, 2.24) is 19.1 Å². The minimum Gasteiger partial charge on any atom is -0.354 e. The molecule has 0 amide bonds. The number of nitrogens with one attached hydrogen (secondary N) is 1. The van der Waals surface area contributed by atoms with Crippen LogP contribution >= 0.6 is 0 Å². The Labute approximate surface area is 390 Å². The number of fused-ring (bicyclic) bond motifs is 10. The average Bonchev–Trinajstić information content (AvgIpc) is 4.06. The second-order valence-corrected chi connectivity index (χ2v) is 18.4. The zero-order valence-electron chi connectivity index (χ0n) is 37.1. The molecule has 0 saturated carbocycles. The van der Waals surface area contributed by atoms with E-state index < -0.39 is 0 Å². The van der Waals surface area contributed by atoms with Crippen LogP contribution < -0.4 is 0 Å². The van der Waals surface area contributed by atoms with Crippen LogP contribution in [0.25, 0.3) is 143 Å². The number of aromatic nitrogens is 4. The first kappa shape index (κ1) is 37.3. The van der Waals surface area contributed by atoms with E-state index in [0.29, 0.717) is 0 Å². The molecule has 15 aromatic rings. The lowest BCUT2D eigenvalue weighted by Crippen LogP contribution is -1.99. The van der Waals surface area contributed by atoms with Gasteiger partial charge in [0.1, 0.15) is 0 Å². The van der Waals surface area contributed by atoms with Gasteiger partial charge in [0.05, 0.1) is 33.5 Å². The highest BCUT2D eigenvalue weighted by atomic mass is 15.0. The van der Waals surface area contributed by atoms with E-state index in [0.717, 1.165) is 50.5 Å². The largest absolute Gasteiger partial charge is 0.354 e. The minimum absolute atomic E-state index is 0.954. The highest BCUT2D eigenvalue weighted by Crippen LogP contribution is 2.49. The fourth-order valence-corrected chi connectivity index (χ4v) is 11.8. The van der Waals surface area contributed by atoms with Crippen molar-refractivity contribution in [1.29, 1.82) is 0 Å². The standard InChI is InChI=1S/C64H40N4/c1-38-52(47-28-14-18-39-16-5-7-24-45(39)47)36-54(48-29-15-19-40-17-6-8-25-46(40)48)66-63(38)42-20-13-23-44(34-42)68-58-37-57-60(50-27-10-12-31-56(50)67(57)43-21-3-2-4-22-43)51-33-32-41-35-55-61(64(68)59(41)62(51)58)49-26-9-11-30-53(49)65-55/h2-37,65H,1H3. The maximum Gasteiger partial charge on any atom is 0.0745 e. The van der Waals surface area contributed by atoms with E-state index in [4.69, 9.17) is 4.98 Å². The molecule has 4 nitrogen and oxygen atoms in total. The number of H-pyrrole nitrogens is 1. The molecule has 0 saturated heterocycles. The maximum absolute atomic E-state index is 5.68. The highest BCUT2D eigenvalue weighted by Gasteiger charge is 2.26. The summed E-state index contributed by atoms with van der Waals surface area (Å²) in [5, 5.41) is 14.8. The summed E-state index contributed by atoms with van der Waals surface area (Å²) in [6, 6.07) is 80.0. The first-order valence-corrected chi connectivity index (χ1v) is 23.5. The third-order valence-electron chi connectivity index (χ3n) is 14.7. The van der Waals surface area contributed by atoms with E-state index in [2.05, 4.69) is 239 Å². The summed E-state index contributed by atoms with van der Waals surface area (Å²) >= 11 is 0. The summed E-state index contributed by atoms with van der Waals surface area (Å²) in [5.74, 6) is 0. The SMILES string of the molecule is Cc1c(-c2cccc3ccccc23)cc(-c2cccc3ccccc23)nc1-c1cccc(-n2c3cc4c(c5ccc6cc7[nH]c8ccccc8c7c2c6c53)c2ccccc2n4-c2ccccc2)c1. The molecule has 1 N–H and O–H groups in total. The zero-order valence-corrected chi connectivity index (χ0v) is 37.1. The van der Waals surface area contributed by atoms with E-state index in [1.807, 2.05) is 0 Å². The van der Waals surface area contributed by atoms with Crippen LogP contribution in [-0.2, 0) is 0 Å². The molecule has 0 aliphatic rings. The first-order valence-electron chi connectivity index (χ1n) is 23.5. The van der Waals surface area contributed by atoms with Crippen LogP contribution in [0.5, 0.6) is 0 Å². The van der Waals surface area contributed by atoms with E-state index in [1.54, 1.807) is 0 Å². The molecule has 4 heterocycles. The Hall–Kier alpha value is -8.99. The summed E-state index contributed by atoms with van der Waals surface area (Å²) in [5.41, 5.74) is 16.9. The molecule has 0 aliphatic heterocycles. The van der Waals surface area contributed by atoms with Gasteiger partial charge in [0.2, 0.25) is 0 Å². The molecule has 0 radical (unpaired) electrons. The molecule has 0 fully saturated rings. The van der Waals surface area contributed by atoms with Crippen molar-refractivity contribution in [3.05, 3.63) is 224 Å². The Morgan fingerprint density at radius 2 is 1.01 bits per heavy atom. The molecule has 4 heteroatoms. The molecular formula is C64H40N4. The number of nitrogens with zero attached hydrogens (tertiary/aromatic N) is 3. The predicted octanol–water partition coefficient (Wildman–Crippen LogP) is 17.1. The quantitative estimate of drug-likeness (QED) is 0.172. The van der Waals surface area contributed by atoms with Gasteiger partial charge in [-0.15, -0.1) is 0 Å². The van der Waals surface area contributed by atoms with Gasteiger partial charge in [0, 0.05) is 65.9 Å². The maximum atomic E-state index is 5.68.